The Bertz CT molecular complexity index is 695. The third kappa shape index (κ3) is 3.10. The molecule has 1 aromatic heterocycles. The molecular formula is C13H10BrN5O. The zero-order chi connectivity index (χ0) is 14.5. The number of carbonyl (C=O) groups is 1. The predicted octanol–water partition coefficient (Wildman–Crippen LogP) is 2.40. The van der Waals surface area contributed by atoms with Gasteiger partial charge >= 0.3 is 0 Å². The van der Waals surface area contributed by atoms with Gasteiger partial charge in [-0.1, -0.05) is 0 Å². The number of aromatic nitrogens is 2. The molecule has 0 bridgehead atoms. The molecule has 2 aromatic rings. The van der Waals surface area contributed by atoms with Gasteiger partial charge < -0.3 is 10.6 Å². The van der Waals surface area contributed by atoms with Gasteiger partial charge in [0.05, 0.1) is 29.7 Å². The van der Waals surface area contributed by atoms with Crippen LogP contribution < -0.4 is 10.6 Å². The Morgan fingerprint density at radius 1 is 1.40 bits per heavy atom. The minimum atomic E-state index is -0.375. The van der Waals surface area contributed by atoms with Gasteiger partial charge in [-0.05, 0) is 34.1 Å². The van der Waals surface area contributed by atoms with Crippen LogP contribution in [-0.2, 0) is 0 Å². The highest BCUT2D eigenvalue weighted by atomic mass is 79.9. The first-order valence-electron chi connectivity index (χ1n) is 5.65. The third-order valence-electron chi connectivity index (χ3n) is 2.47. The zero-order valence-corrected chi connectivity index (χ0v) is 12.1. The second-order valence-corrected chi connectivity index (χ2v) is 4.65. The summed E-state index contributed by atoms with van der Waals surface area (Å²) in [6.45, 7) is 0. The maximum Gasteiger partial charge on any atom is 0.275 e. The fourth-order valence-electron chi connectivity index (χ4n) is 1.47. The minimum absolute atomic E-state index is 0.202. The molecule has 1 aromatic carbocycles. The van der Waals surface area contributed by atoms with Crippen molar-refractivity contribution in [3.8, 4) is 6.07 Å². The van der Waals surface area contributed by atoms with Crippen molar-refractivity contribution in [3.05, 3.63) is 46.3 Å². The number of anilines is 2. The fourth-order valence-corrected chi connectivity index (χ4v) is 1.95. The van der Waals surface area contributed by atoms with Gasteiger partial charge in [-0.25, -0.2) is 4.98 Å². The summed E-state index contributed by atoms with van der Waals surface area (Å²) in [5.41, 5.74) is 1.27. The molecule has 2 N–H and O–H groups in total. The first-order chi connectivity index (χ1) is 9.63. The molecule has 1 amide bonds. The highest BCUT2D eigenvalue weighted by Gasteiger charge is 2.11. The molecule has 0 radical (unpaired) electrons. The molecule has 2 rings (SSSR count). The van der Waals surface area contributed by atoms with Gasteiger partial charge in [-0.3, -0.25) is 9.78 Å². The van der Waals surface area contributed by atoms with E-state index in [0.29, 0.717) is 21.5 Å². The molecular weight excluding hydrogens is 322 g/mol. The van der Waals surface area contributed by atoms with Crippen LogP contribution in [0, 0.1) is 11.3 Å². The highest BCUT2D eigenvalue weighted by molar-refractivity contribution is 9.10. The first-order valence-corrected chi connectivity index (χ1v) is 6.44. The molecule has 6 nitrogen and oxygen atoms in total. The summed E-state index contributed by atoms with van der Waals surface area (Å²) in [6.07, 6.45) is 2.90. The van der Waals surface area contributed by atoms with E-state index in [4.69, 9.17) is 5.26 Å². The smallest absolute Gasteiger partial charge is 0.275 e. The van der Waals surface area contributed by atoms with Gasteiger partial charge in [0, 0.05) is 11.5 Å². The lowest BCUT2D eigenvalue weighted by Crippen LogP contribution is -2.15. The number of hydrogen-bond acceptors (Lipinski definition) is 5. The van der Waals surface area contributed by atoms with Gasteiger partial charge in [-0.2, -0.15) is 5.26 Å². The Morgan fingerprint density at radius 3 is 2.85 bits per heavy atom. The predicted molar refractivity (Wildman–Crippen MR) is 78.4 cm³/mol. The summed E-state index contributed by atoms with van der Waals surface area (Å²) >= 11 is 3.30. The van der Waals surface area contributed by atoms with Crippen molar-refractivity contribution >= 4 is 33.3 Å². The Labute approximate surface area is 124 Å². The number of hydrogen-bond donors (Lipinski definition) is 2. The normalized spacial score (nSPS) is 9.65. The summed E-state index contributed by atoms with van der Waals surface area (Å²) in [6, 6.07) is 6.92. The summed E-state index contributed by atoms with van der Waals surface area (Å²) in [5, 5.41) is 14.3. The van der Waals surface area contributed by atoms with Gasteiger partial charge in [0.15, 0.2) is 0 Å². The summed E-state index contributed by atoms with van der Waals surface area (Å²) in [5.74, 6) is 0.136. The van der Waals surface area contributed by atoms with Crippen LogP contribution >= 0.6 is 15.9 Å². The van der Waals surface area contributed by atoms with Gasteiger partial charge in [-0.15, -0.1) is 0 Å². The van der Waals surface area contributed by atoms with Gasteiger partial charge in [0.25, 0.3) is 5.91 Å². The Balaban J connectivity index is 2.21. The quantitative estimate of drug-likeness (QED) is 0.901. The molecule has 0 atom stereocenters. The monoisotopic (exact) mass is 331 g/mol. The molecule has 0 aliphatic rings. The molecule has 0 unspecified atom stereocenters. The van der Waals surface area contributed by atoms with Crippen molar-refractivity contribution in [2.75, 3.05) is 17.7 Å². The van der Waals surface area contributed by atoms with Crippen molar-refractivity contribution in [3.63, 3.8) is 0 Å². The average molecular weight is 332 g/mol. The average Bonchev–Trinajstić information content (AvgIpc) is 2.49. The number of amides is 1. The van der Waals surface area contributed by atoms with Crippen molar-refractivity contribution in [1.82, 2.24) is 9.97 Å². The number of halogens is 1. The Kier molecular flexibility index (Phi) is 4.27. The molecule has 0 fully saturated rings. The van der Waals surface area contributed by atoms with E-state index in [-0.39, 0.29) is 11.6 Å². The minimum Gasteiger partial charge on any atom is -0.372 e. The van der Waals surface area contributed by atoms with E-state index in [9.17, 15) is 4.79 Å². The molecule has 20 heavy (non-hydrogen) atoms. The number of nitriles is 1. The second kappa shape index (κ2) is 6.12. The lowest BCUT2D eigenvalue weighted by atomic mass is 10.2. The Hall–Kier alpha value is -2.46. The van der Waals surface area contributed by atoms with Crippen molar-refractivity contribution in [1.29, 1.82) is 5.26 Å². The van der Waals surface area contributed by atoms with Crippen LogP contribution in [-0.4, -0.2) is 22.9 Å². The van der Waals surface area contributed by atoms with Crippen LogP contribution in [0.3, 0.4) is 0 Å². The fraction of sp³-hybridized carbons (Fsp3) is 0.0769. The molecule has 100 valence electrons. The molecule has 0 spiro atoms. The third-order valence-corrected chi connectivity index (χ3v) is 3.13. The standard InChI is InChI=1S/C13H10BrN5O/c1-16-12-7-17-6-11(18-12)13(20)19-10-3-2-8(5-15)4-9(10)14/h2-4,6-7H,1H3,(H,16,18)(H,19,20). The number of nitrogens with one attached hydrogen (secondary N) is 2. The molecule has 7 heteroatoms. The van der Waals surface area contributed by atoms with E-state index >= 15 is 0 Å². The van der Waals surface area contributed by atoms with E-state index in [1.54, 1.807) is 25.2 Å². The zero-order valence-electron chi connectivity index (χ0n) is 10.5. The van der Waals surface area contributed by atoms with Crippen LogP contribution in [0.2, 0.25) is 0 Å². The number of nitrogens with zero attached hydrogens (tertiary/aromatic N) is 3. The summed E-state index contributed by atoms with van der Waals surface area (Å²) in [7, 11) is 1.70. The maximum atomic E-state index is 12.1. The van der Waals surface area contributed by atoms with Crippen molar-refractivity contribution < 1.29 is 4.79 Å². The topological polar surface area (TPSA) is 90.7 Å². The van der Waals surface area contributed by atoms with Crippen LogP contribution in [0.25, 0.3) is 0 Å². The van der Waals surface area contributed by atoms with E-state index in [0.717, 1.165) is 0 Å². The lowest BCUT2D eigenvalue weighted by molar-refractivity contribution is 0.102. The SMILES string of the molecule is CNc1cncc(C(=O)Nc2ccc(C#N)cc2Br)n1. The first kappa shape index (κ1) is 14.0. The number of rotatable bonds is 3. The van der Waals surface area contributed by atoms with E-state index < -0.39 is 0 Å². The van der Waals surface area contributed by atoms with Crippen LogP contribution in [0.1, 0.15) is 16.1 Å². The molecule has 0 aliphatic carbocycles. The van der Waals surface area contributed by atoms with E-state index in [1.165, 1.54) is 12.4 Å². The number of benzene rings is 1. The van der Waals surface area contributed by atoms with Crippen molar-refractivity contribution in [2.45, 2.75) is 0 Å². The van der Waals surface area contributed by atoms with Gasteiger partial charge in [0.1, 0.15) is 11.5 Å². The lowest BCUT2D eigenvalue weighted by Gasteiger charge is -2.07. The highest BCUT2D eigenvalue weighted by Crippen LogP contribution is 2.23. The molecule has 0 saturated heterocycles. The van der Waals surface area contributed by atoms with E-state index in [1.807, 2.05) is 6.07 Å². The van der Waals surface area contributed by atoms with Crippen LogP contribution in [0.4, 0.5) is 11.5 Å². The van der Waals surface area contributed by atoms with Gasteiger partial charge in [0.2, 0.25) is 0 Å². The molecule has 1 heterocycles. The van der Waals surface area contributed by atoms with Crippen LogP contribution in [0.5, 0.6) is 0 Å². The van der Waals surface area contributed by atoms with E-state index in [2.05, 4.69) is 36.5 Å². The molecule has 0 saturated carbocycles. The molecule has 0 aliphatic heterocycles. The number of carbonyl (C=O) groups excluding carboxylic acids is 1. The second-order valence-electron chi connectivity index (χ2n) is 3.80. The maximum absolute atomic E-state index is 12.1. The van der Waals surface area contributed by atoms with Crippen molar-refractivity contribution in [2.24, 2.45) is 0 Å². The Morgan fingerprint density at radius 2 is 2.20 bits per heavy atom. The summed E-state index contributed by atoms with van der Waals surface area (Å²) < 4.78 is 0.627. The largest absolute Gasteiger partial charge is 0.372 e. The van der Waals surface area contributed by atoms with Crippen LogP contribution in [0.15, 0.2) is 35.1 Å². The summed E-state index contributed by atoms with van der Waals surface area (Å²) in [4.78, 5) is 20.1.